The Bertz CT molecular complexity index is 542. The van der Waals surface area contributed by atoms with E-state index in [1.165, 1.54) is 18.2 Å². The lowest BCUT2D eigenvalue weighted by Gasteiger charge is -2.16. The molecule has 0 aromatic heterocycles. The van der Waals surface area contributed by atoms with Crippen molar-refractivity contribution in [2.75, 3.05) is 6.54 Å². The lowest BCUT2D eigenvalue weighted by molar-refractivity contribution is -0.384. The van der Waals surface area contributed by atoms with Gasteiger partial charge in [0.1, 0.15) is 0 Å². The van der Waals surface area contributed by atoms with Crippen LogP contribution in [0.4, 0.5) is 5.69 Å². The maximum Gasteiger partial charge on any atom is 0.308 e. The Kier molecular flexibility index (Phi) is 5.83. The highest BCUT2D eigenvalue weighted by Crippen LogP contribution is 2.14. The molecule has 0 heterocycles. The van der Waals surface area contributed by atoms with Crippen LogP contribution >= 0.6 is 0 Å². The summed E-state index contributed by atoms with van der Waals surface area (Å²) in [7, 11) is 0. The molecular formula is C14H18N2O5. The average Bonchev–Trinajstić information content (AvgIpc) is 2.38. The zero-order valence-electron chi connectivity index (χ0n) is 11.9. The highest BCUT2D eigenvalue weighted by molar-refractivity contribution is 5.79. The van der Waals surface area contributed by atoms with Crippen LogP contribution in [0.1, 0.15) is 19.4 Å². The summed E-state index contributed by atoms with van der Waals surface area (Å²) in [4.78, 5) is 32.9. The molecule has 1 rings (SSSR count). The van der Waals surface area contributed by atoms with Gasteiger partial charge in [-0.25, -0.2) is 0 Å². The normalized spacial score (nSPS) is 12.0. The third-order valence-electron chi connectivity index (χ3n) is 3.13. The Morgan fingerprint density at radius 3 is 2.57 bits per heavy atom. The number of hydrogen-bond donors (Lipinski definition) is 2. The smallest absolute Gasteiger partial charge is 0.308 e. The molecule has 0 aliphatic carbocycles. The number of carboxylic acid groups (broad SMARTS) is 1. The Hall–Kier alpha value is -2.44. The number of nitro benzene ring substituents is 1. The largest absolute Gasteiger partial charge is 0.481 e. The molecule has 0 aliphatic rings. The van der Waals surface area contributed by atoms with E-state index >= 15 is 0 Å². The van der Waals surface area contributed by atoms with Gasteiger partial charge < -0.3 is 10.4 Å². The summed E-state index contributed by atoms with van der Waals surface area (Å²) in [5.74, 6) is -2.07. The quantitative estimate of drug-likeness (QED) is 0.586. The number of carbonyl (C=O) groups is 2. The van der Waals surface area contributed by atoms with Crippen molar-refractivity contribution in [3.8, 4) is 0 Å². The van der Waals surface area contributed by atoms with Gasteiger partial charge in [0.05, 0.1) is 17.3 Å². The first-order valence-electron chi connectivity index (χ1n) is 6.54. The van der Waals surface area contributed by atoms with Gasteiger partial charge in [0, 0.05) is 18.7 Å². The van der Waals surface area contributed by atoms with Gasteiger partial charge >= 0.3 is 5.97 Å². The van der Waals surface area contributed by atoms with Crippen LogP contribution in [0, 0.1) is 22.0 Å². The lowest BCUT2D eigenvalue weighted by atomic mass is 9.96. The summed E-state index contributed by atoms with van der Waals surface area (Å²) >= 11 is 0. The minimum Gasteiger partial charge on any atom is -0.481 e. The van der Waals surface area contributed by atoms with E-state index in [-0.39, 0.29) is 30.5 Å². The number of aliphatic carboxylic acids is 1. The van der Waals surface area contributed by atoms with Gasteiger partial charge in [-0.1, -0.05) is 26.0 Å². The number of nitro groups is 1. The van der Waals surface area contributed by atoms with Crippen LogP contribution in [0.2, 0.25) is 0 Å². The molecule has 1 atom stereocenters. The van der Waals surface area contributed by atoms with E-state index in [1.807, 2.05) is 0 Å². The minimum atomic E-state index is -0.958. The van der Waals surface area contributed by atoms with Crippen LogP contribution in [-0.4, -0.2) is 28.5 Å². The van der Waals surface area contributed by atoms with Gasteiger partial charge in [0.2, 0.25) is 5.91 Å². The maximum atomic E-state index is 11.8. The van der Waals surface area contributed by atoms with Gasteiger partial charge in [0.15, 0.2) is 0 Å². The molecule has 0 spiro atoms. The fourth-order valence-corrected chi connectivity index (χ4v) is 1.86. The van der Waals surface area contributed by atoms with Crippen molar-refractivity contribution >= 4 is 17.6 Å². The summed E-state index contributed by atoms with van der Waals surface area (Å²) in [5.41, 5.74) is 0.434. The van der Waals surface area contributed by atoms with Crippen molar-refractivity contribution in [3.63, 3.8) is 0 Å². The Morgan fingerprint density at radius 2 is 2.05 bits per heavy atom. The number of nitrogens with zero attached hydrogens (tertiary/aromatic N) is 1. The van der Waals surface area contributed by atoms with Gasteiger partial charge in [-0.2, -0.15) is 0 Å². The molecule has 114 valence electrons. The average molecular weight is 294 g/mol. The summed E-state index contributed by atoms with van der Waals surface area (Å²) in [6.07, 6.45) is -0.0217. The first-order valence-corrected chi connectivity index (χ1v) is 6.54. The van der Waals surface area contributed by atoms with Crippen LogP contribution in [0.25, 0.3) is 0 Å². The molecule has 1 unspecified atom stereocenters. The van der Waals surface area contributed by atoms with E-state index in [9.17, 15) is 19.7 Å². The molecule has 1 aromatic rings. The van der Waals surface area contributed by atoms with E-state index in [4.69, 9.17) is 5.11 Å². The first kappa shape index (κ1) is 16.6. The highest BCUT2D eigenvalue weighted by atomic mass is 16.6. The fourth-order valence-electron chi connectivity index (χ4n) is 1.86. The van der Waals surface area contributed by atoms with Gasteiger partial charge in [0.25, 0.3) is 5.69 Å². The van der Waals surface area contributed by atoms with E-state index in [2.05, 4.69) is 5.32 Å². The lowest BCUT2D eigenvalue weighted by Crippen LogP contribution is -2.36. The number of hydrogen-bond acceptors (Lipinski definition) is 4. The topological polar surface area (TPSA) is 110 Å². The van der Waals surface area contributed by atoms with Gasteiger partial charge in [-0.3, -0.25) is 19.7 Å². The van der Waals surface area contributed by atoms with Crippen molar-refractivity contribution in [2.45, 2.75) is 20.3 Å². The molecule has 0 saturated carbocycles. The number of non-ortho nitro benzene ring substituents is 1. The number of carbonyl (C=O) groups excluding carboxylic acids is 1. The Morgan fingerprint density at radius 1 is 1.38 bits per heavy atom. The zero-order valence-corrected chi connectivity index (χ0v) is 11.9. The van der Waals surface area contributed by atoms with Crippen LogP contribution in [0.15, 0.2) is 24.3 Å². The van der Waals surface area contributed by atoms with Crippen LogP contribution < -0.4 is 5.32 Å². The van der Waals surface area contributed by atoms with E-state index in [1.54, 1.807) is 19.9 Å². The molecule has 2 N–H and O–H groups in total. The van der Waals surface area contributed by atoms with Crippen molar-refractivity contribution < 1.29 is 19.6 Å². The molecule has 21 heavy (non-hydrogen) atoms. The molecule has 0 bridgehead atoms. The van der Waals surface area contributed by atoms with Crippen LogP contribution in [0.3, 0.4) is 0 Å². The third kappa shape index (κ3) is 5.21. The number of nitrogens with one attached hydrogen (secondary N) is 1. The van der Waals surface area contributed by atoms with Crippen molar-refractivity contribution in [1.82, 2.24) is 5.32 Å². The molecule has 0 radical (unpaired) electrons. The molecule has 1 amide bonds. The zero-order chi connectivity index (χ0) is 16.0. The molecule has 1 aromatic carbocycles. The Labute approximate surface area is 122 Å². The standard InChI is InChI=1S/C14H18N2O5/c1-9(2)12(14(18)19)8-15-13(17)7-10-4-3-5-11(6-10)16(20)21/h3-6,9,12H,7-8H2,1-2H3,(H,15,17)(H,18,19). The number of carboxylic acids is 1. The first-order chi connectivity index (χ1) is 9.81. The fraction of sp³-hybridized carbons (Fsp3) is 0.429. The maximum absolute atomic E-state index is 11.8. The van der Waals surface area contributed by atoms with Crippen LogP contribution in [0.5, 0.6) is 0 Å². The molecule has 0 fully saturated rings. The van der Waals surface area contributed by atoms with E-state index < -0.39 is 16.8 Å². The molecule has 0 aliphatic heterocycles. The molecular weight excluding hydrogens is 276 g/mol. The third-order valence-corrected chi connectivity index (χ3v) is 3.13. The van der Waals surface area contributed by atoms with Crippen molar-refractivity contribution in [2.24, 2.45) is 11.8 Å². The molecule has 0 saturated heterocycles. The molecule has 7 heteroatoms. The van der Waals surface area contributed by atoms with E-state index in [0.29, 0.717) is 5.56 Å². The number of rotatable bonds is 7. The van der Waals surface area contributed by atoms with E-state index in [0.717, 1.165) is 0 Å². The van der Waals surface area contributed by atoms with Gasteiger partial charge in [-0.15, -0.1) is 0 Å². The Balaban J connectivity index is 2.60. The second-order valence-electron chi connectivity index (χ2n) is 5.10. The second-order valence-corrected chi connectivity index (χ2v) is 5.10. The second kappa shape index (κ2) is 7.37. The highest BCUT2D eigenvalue weighted by Gasteiger charge is 2.22. The molecule has 7 nitrogen and oxygen atoms in total. The monoisotopic (exact) mass is 294 g/mol. The summed E-state index contributed by atoms with van der Waals surface area (Å²) in [5, 5.41) is 22.2. The summed E-state index contributed by atoms with van der Waals surface area (Å²) in [6, 6.07) is 5.80. The summed E-state index contributed by atoms with van der Waals surface area (Å²) < 4.78 is 0. The minimum absolute atomic E-state index is 0.0217. The predicted molar refractivity (Wildman–Crippen MR) is 75.8 cm³/mol. The van der Waals surface area contributed by atoms with Crippen molar-refractivity contribution in [3.05, 3.63) is 39.9 Å². The predicted octanol–water partition coefficient (Wildman–Crippen LogP) is 1.61. The van der Waals surface area contributed by atoms with Crippen molar-refractivity contribution in [1.29, 1.82) is 0 Å². The SMILES string of the molecule is CC(C)C(CNC(=O)Cc1cccc([N+](=O)[O-])c1)C(=O)O. The van der Waals surface area contributed by atoms with Gasteiger partial charge in [-0.05, 0) is 11.5 Å². The number of benzene rings is 1. The van der Waals surface area contributed by atoms with Crippen LogP contribution in [-0.2, 0) is 16.0 Å². The summed E-state index contributed by atoms with van der Waals surface area (Å²) in [6.45, 7) is 3.58. The number of amides is 1.